The van der Waals surface area contributed by atoms with Gasteiger partial charge in [0.2, 0.25) is 0 Å². The van der Waals surface area contributed by atoms with Crippen molar-refractivity contribution >= 4 is 35.0 Å². The molecule has 0 N–H and O–H groups in total. The summed E-state index contributed by atoms with van der Waals surface area (Å²) in [5.74, 6) is 1.16. The van der Waals surface area contributed by atoms with E-state index in [-0.39, 0.29) is 11.8 Å². The third-order valence-electron chi connectivity index (χ3n) is 5.63. The second-order valence-corrected chi connectivity index (χ2v) is 8.73. The van der Waals surface area contributed by atoms with Crippen LogP contribution in [0.3, 0.4) is 0 Å². The van der Waals surface area contributed by atoms with Crippen LogP contribution in [-0.2, 0) is 6.61 Å². The Hall–Kier alpha value is -3.03. The van der Waals surface area contributed by atoms with Gasteiger partial charge in [-0.3, -0.25) is 9.59 Å². The summed E-state index contributed by atoms with van der Waals surface area (Å²) in [4.78, 5) is 29.1. The van der Waals surface area contributed by atoms with Crippen LogP contribution in [-0.4, -0.2) is 52.9 Å². The smallest absolute Gasteiger partial charge is 0.254 e. The molecule has 172 valence electrons. The van der Waals surface area contributed by atoms with Crippen LogP contribution in [0.25, 0.3) is 0 Å². The van der Waals surface area contributed by atoms with Gasteiger partial charge in [-0.1, -0.05) is 28.4 Å². The van der Waals surface area contributed by atoms with Gasteiger partial charge in [0, 0.05) is 47.4 Å². The largest absolute Gasteiger partial charge is 0.489 e. The molecule has 1 aliphatic heterocycles. The van der Waals surface area contributed by atoms with E-state index < -0.39 is 0 Å². The Bertz CT molecular complexity index is 1130. The number of aromatic nitrogens is 1. The zero-order chi connectivity index (χ0) is 23.5. The van der Waals surface area contributed by atoms with Gasteiger partial charge in [0.1, 0.15) is 18.1 Å². The average molecular weight is 488 g/mol. The summed E-state index contributed by atoms with van der Waals surface area (Å²) in [6.45, 7) is 5.83. The molecule has 2 aromatic carbocycles. The Morgan fingerprint density at radius 2 is 1.45 bits per heavy atom. The van der Waals surface area contributed by atoms with E-state index in [4.69, 9.17) is 32.5 Å². The van der Waals surface area contributed by atoms with Gasteiger partial charge in [-0.2, -0.15) is 0 Å². The summed E-state index contributed by atoms with van der Waals surface area (Å²) in [5, 5.41) is 4.75. The first-order chi connectivity index (χ1) is 15.8. The number of nitrogens with zero attached hydrogens (tertiary/aromatic N) is 3. The fourth-order valence-electron chi connectivity index (χ4n) is 3.71. The third-order valence-corrected chi connectivity index (χ3v) is 6.07. The quantitative estimate of drug-likeness (QED) is 0.517. The van der Waals surface area contributed by atoms with Crippen molar-refractivity contribution in [3.63, 3.8) is 0 Å². The molecule has 0 unspecified atom stereocenters. The first kappa shape index (κ1) is 23.1. The van der Waals surface area contributed by atoms with Crippen molar-refractivity contribution in [2.75, 3.05) is 26.2 Å². The van der Waals surface area contributed by atoms with Crippen LogP contribution in [0.5, 0.6) is 5.75 Å². The molecule has 3 aromatic rings. The first-order valence-corrected chi connectivity index (χ1v) is 11.3. The Morgan fingerprint density at radius 3 is 1.97 bits per heavy atom. The number of rotatable bonds is 5. The normalized spacial score (nSPS) is 13.8. The van der Waals surface area contributed by atoms with E-state index in [1.54, 1.807) is 52.3 Å². The van der Waals surface area contributed by atoms with Gasteiger partial charge in [-0.05, 0) is 56.3 Å². The van der Waals surface area contributed by atoms with Gasteiger partial charge in [-0.15, -0.1) is 0 Å². The monoisotopic (exact) mass is 487 g/mol. The molecule has 1 saturated heterocycles. The highest BCUT2D eigenvalue weighted by Crippen LogP contribution is 2.22. The average Bonchev–Trinajstić information content (AvgIpc) is 3.13. The van der Waals surface area contributed by atoms with Gasteiger partial charge >= 0.3 is 0 Å². The summed E-state index contributed by atoms with van der Waals surface area (Å²) in [5.41, 5.74) is 2.73. The second kappa shape index (κ2) is 9.85. The van der Waals surface area contributed by atoms with Gasteiger partial charge in [0.25, 0.3) is 11.8 Å². The first-order valence-electron chi connectivity index (χ1n) is 10.5. The van der Waals surface area contributed by atoms with Crippen LogP contribution < -0.4 is 4.74 Å². The highest BCUT2D eigenvalue weighted by molar-refractivity contribution is 6.35. The maximum absolute atomic E-state index is 12.9. The van der Waals surface area contributed by atoms with Crippen LogP contribution in [0.1, 0.15) is 37.7 Å². The SMILES string of the molecule is Cc1noc(C)c1COc1ccc(C(=O)N2CCN(C(=O)c3cc(Cl)cc(Cl)c3)CC2)cc1. The van der Waals surface area contributed by atoms with Crippen LogP contribution >= 0.6 is 23.2 Å². The van der Waals surface area contributed by atoms with E-state index in [1.165, 1.54) is 0 Å². The number of hydrogen-bond donors (Lipinski definition) is 0. The van der Waals surface area contributed by atoms with Gasteiger partial charge in [0.15, 0.2) is 0 Å². The van der Waals surface area contributed by atoms with E-state index in [0.29, 0.717) is 59.7 Å². The van der Waals surface area contributed by atoms with Crippen molar-refractivity contribution in [3.05, 3.63) is 80.7 Å². The number of benzene rings is 2. The summed E-state index contributed by atoms with van der Waals surface area (Å²) < 4.78 is 10.9. The number of halogens is 2. The van der Waals surface area contributed by atoms with Gasteiger partial charge in [-0.25, -0.2) is 0 Å². The van der Waals surface area contributed by atoms with E-state index in [2.05, 4.69) is 5.16 Å². The topological polar surface area (TPSA) is 75.9 Å². The molecule has 2 amide bonds. The molecule has 0 spiro atoms. The molecule has 0 aliphatic carbocycles. The van der Waals surface area contributed by atoms with Crippen LogP contribution in [0.2, 0.25) is 10.0 Å². The lowest BCUT2D eigenvalue weighted by molar-refractivity contribution is 0.0535. The molecule has 1 fully saturated rings. The Balaban J connectivity index is 1.32. The molecule has 7 nitrogen and oxygen atoms in total. The second-order valence-electron chi connectivity index (χ2n) is 7.86. The number of hydrogen-bond acceptors (Lipinski definition) is 5. The molecular weight excluding hydrogens is 465 g/mol. The van der Waals surface area contributed by atoms with Crippen LogP contribution in [0.4, 0.5) is 0 Å². The number of amides is 2. The molecule has 4 rings (SSSR count). The maximum Gasteiger partial charge on any atom is 0.254 e. The summed E-state index contributed by atoms with van der Waals surface area (Å²) in [6, 6.07) is 11.8. The predicted molar refractivity (Wildman–Crippen MR) is 125 cm³/mol. The molecular formula is C24H23Cl2N3O4. The van der Waals surface area contributed by atoms with Gasteiger partial charge in [0.05, 0.1) is 11.3 Å². The van der Waals surface area contributed by atoms with Crippen LogP contribution in [0.15, 0.2) is 47.0 Å². The Morgan fingerprint density at radius 1 is 0.909 bits per heavy atom. The lowest BCUT2D eigenvalue weighted by atomic mass is 10.1. The maximum atomic E-state index is 12.9. The van der Waals surface area contributed by atoms with Crippen molar-refractivity contribution in [3.8, 4) is 5.75 Å². The van der Waals surface area contributed by atoms with E-state index >= 15 is 0 Å². The minimum atomic E-state index is -0.147. The molecule has 1 aromatic heterocycles. The van der Waals surface area contributed by atoms with Crippen molar-refractivity contribution in [1.29, 1.82) is 0 Å². The number of ether oxygens (including phenoxy) is 1. The molecule has 2 heterocycles. The molecule has 1 aliphatic rings. The Labute approximate surface area is 201 Å². The molecule has 9 heteroatoms. The highest BCUT2D eigenvalue weighted by atomic mass is 35.5. The molecule has 0 saturated carbocycles. The number of aryl methyl sites for hydroxylation is 2. The fraction of sp³-hybridized carbons (Fsp3) is 0.292. The van der Waals surface area contributed by atoms with Crippen molar-refractivity contribution in [2.24, 2.45) is 0 Å². The molecule has 0 atom stereocenters. The number of piperazine rings is 1. The van der Waals surface area contributed by atoms with E-state index in [9.17, 15) is 9.59 Å². The van der Waals surface area contributed by atoms with Crippen LogP contribution in [0, 0.1) is 13.8 Å². The van der Waals surface area contributed by atoms with Crippen molar-refractivity contribution < 1.29 is 18.8 Å². The third kappa shape index (κ3) is 5.31. The van der Waals surface area contributed by atoms with Crippen molar-refractivity contribution in [1.82, 2.24) is 15.0 Å². The molecule has 0 bridgehead atoms. The zero-order valence-corrected chi connectivity index (χ0v) is 19.8. The zero-order valence-electron chi connectivity index (χ0n) is 18.3. The fourth-order valence-corrected chi connectivity index (χ4v) is 4.24. The lowest BCUT2D eigenvalue weighted by Gasteiger charge is -2.35. The minimum absolute atomic E-state index is 0.0785. The summed E-state index contributed by atoms with van der Waals surface area (Å²) in [7, 11) is 0. The van der Waals surface area contributed by atoms with E-state index in [0.717, 1.165) is 17.0 Å². The number of carbonyl (C=O) groups excluding carboxylic acids is 2. The van der Waals surface area contributed by atoms with Crippen molar-refractivity contribution in [2.45, 2.75) is 20.5 Å². The summed E-state index contributed by atoms with van der Waals surface area (Å²) >= 11 is 12.0. The molecule has 33 heavy (non-hydrogen) atoms. The predicted octanol–water partition coefficient (Wildman–Crippen LogP) is 4.78. The van der Waals surface area contributed by atoms with Gasteiger partial charge < -0.3 is 19.1 Å². The highest BCUT2D eigenvalue weighted by Gasteiger charge is 2.26. The molecule has 0 radical (unpaired) electrons. The minimum Gasteiger partial charge on any atom is -0.489 e. The standard InChI is InChI=1S/C24H23Cl2N3O4/c1-15-22(16(2)33-27-15)14-32-21-5-3-17(4-6-21)23(30)28-7-9-29(10-8-28)24(31)18-11-19(25)13-20(26)12-18/h3-6,11-13H,7-10,14H2,1-2H3. The van der Waals surface area contributed by atoms with E-state index in [1.807, 2.05) is 13.8 Å². The number of carbonyl (C=O) groups is 2. The summed E-state index contributed by atoms with van der Waals surface area (Å²) in [6.07, 6.45) is 0. The Kier molecular flexibility index (Phi) is 6.91. The lowest BCUT2D eigenvalue weighted by Crippen LogP contribution is -2.50.